The molecule has 1 aromatic carbocycles. The molecule has 1 rings (SSSR count). The third-order valence-corrected chi connectivity index (χ3v) is 3.91. The summed E-state index contributed by atoms with van der Waals surface area (Å²) in [6, 6.07) is 6.44. The molecule has 1 atom stereocenters. The molecule has 0 aliphatic carbocycles. The Bertz CT molecular complexity index is 520. The zero-order valence-electron chi connectivity index (χ0n) is 14.2. The fourth-order valence-electron chi connectivity index (χ4n) is 2.00. The van der Waals surface area contributed by atoms with E-state index in [4.69, 9.17) is 4.74 Å². The van der Waals surface area contributed by atoms with Crippen molar-refractivity contribution < 1.29 is 14.3 Å². The zero-order valence-corrected chi connectivity index (χ0v) is 15.0. The van der Waals surface area contributed by atoms with Gasteiger partial charge in [0.25, 0.3) is 5.91 Å². The summed E-state index contributed by atoms with van der Waals surface area (Å²) in [5.74, 6) is 1.22. The molecule has 0 aromatic heterocycles. The van der Waals surface area contributed by atoms with Gasteiger partial charge in [0.2, 0.25) is 5.91 Å². The van der Waals surface area contributed by atoms with Gasteiger partial charge < -0.3 is 15.4 Å². The molecule has 128 valence electrons. The lowest BCUT2D eigenvalue weighted by molar-refractivity contribution is -0.123. The van der Waals surface area contributed by atoms with Gasteiger partial charge >= 0.3 is 0 Å². The van der Waals surface area contributed by atoms with Crippen LogP contribution in [0.2, 0.25) is 0 Å². The lowest BCUT2D eigenvalue weighted by atomic mass is 10.1. The summed E-state index contributed by atoms with van der Waals surface area (Å²) < 4.78 is 5.20. The van der Waals surface area contributed by atoms with Gasteiger partial charge in [-0.1, -0.05) is 26.0 Å². The van der Waals surface area contributed by atoms with Crippen molar-refractivity contribution in [2.45, 2.75) is 26.3 Å². The van der Waals surface area contributed by atoms with Crippen molar-refractivity contribution in [2.24, 2.45) is 5.92 Å². The van der Waals surface area contributed by atoms with E-state index in [0.29, 0.717) is 30.2 Å². The molecule has 0 fully saturated rings. The quantitative estimate of drug-likeness (QED) is 0.725. The van der Waals surface area contributed by atoms with E-state index in [1.807, 2.05) is 20.1 Å². The Morgan fingerprint density at radius 1 is 1.26 bits per heavy atom. The second-order valence-electron chi connectivity index (χ2n) is 5.65. The van der Waals surface area contributed by atoms with E-state index >= 15 is 0 Å². The first-order valence-electron chi connectivity index (χ1n) is 7.70. The van der Waals surface area contributed by atoms with Crippen LogP contribution in [0.5, 0.6) is 5.75 Å². The normalized spacial score (nSPS) is 11.9. The van der Waals surface area contributed by atoms with Crippen LogP contribution in [0.25, 0.3) is 0 Å². The van der Waals surface area contributed by atoms with Crippen LogP contribution in [0.4, 0.5) is 0 Å². The predicted octanol–water partition coefficient (Wildman–Crippen LogP) is 2.32. The number of nitrogens with one attached hydrogen (secondary N) is 2. The van der Waals surface area contributed by atoms with Crippen LogP contribution >= 0.6 is 11.8 Å². The van der Waals surface area contributed by atoms with Crippen molar-refractivity contribution in [2.75, 3.05) is 25.7 Å². The second kappa shape index (κ2) is 10.2. The summed E-state index contributed by atoms with van der Waals surface area (Å²) in [7, 11) is 1.52. The lowest BCUT2D eigenvalue weighted by Gasteiger charge is -2.19. The van der Waals surface area contributed by atoms with Crippen LogP contribution in [0.3, 0.4) is 0 Å². The highest BCUT2D eigenvalue weighted by Crippen LogP contribution is 2.17. The molecule has 0 saturated heterocycles. The Morgan fingerprint density at radius 3 is 2.57 bits per heavy atom. The fraction of sp³-hybridized carbons (Fsp3) is 0.529. The summed E-state index contributed by atoms with van der Waals surface area (Å²) in [6.07, 6.45) is 2.57. The summed E-state index contributed by atoms with van der Waals surface area (Å²) in [6.45, 7) is 4.66. The lowest BCUT2D eigenvalue weighted by Crippen LogP contribution is -2.47. The maximum atomic E-state index is 12.5. The Balaban J connectivity index is 2.79. The number of carbonyl (C=O) groups excluding carboxylic acids is 2. The minimum absolute atomic E-state index is 0.143. The number of benzene rings is 1. The smallest absolute Gasteiger partial charge is 0.255 e. The third kappa shape index (κ3) is 6.52. The van der Waals surface area contributed by atoms with Gasteiger partial charge in [-0.05, 0) is 36.5 Å². The highest BCUT2D eigenvalue weighted by Gasteiger charge is 2.22. The first kappa shape index (κ1) is 19.4. The van der Waals surface area contributed by atoms with Crippen LogP contribution in [0.15, 0.2) is 24.3 Å². The second-order valence-corrected chi connectivity index (χ2v) is 6.63. The maximum absolute atomic E-state index is 12.5. The Kier molecular flexibility index (Phi) is 8.55. The summed E-state index contributed by atoms with van der Waals surface area (Å²) in [5, 5.41) is 5.70. The molecule has 5 nitrogen and oxygen atoms in total. The number of carbonyl (C=O) groups is 2. The van der Waals surface area contributed by atoms with E-state index in [0.717, 1.165) is 5.75 Å². The molecule has 2 amide bonds. The van der Waals surface area contributed by atoms with E-state index in [-0.39, 0.29) is 11.8 Å². The predicted molar refractivity (Wildman–Crippen MR) is 95.1 cm³/mol. The van der Waals surface area contributed by atoms with E-state index in [1.165, 1.54) is 7.11 Å². The van der Waals surface area contributed by atoms with Crippen LogP contribution in [0.1, 0.15) is 30.6 Å². The largest absolute Gasteiger partial charge is 0.496 e. The molecule has 0 heterocycles. The fourth-order valence-corrected chi connectivity index (χ4v) is 2.47. The van der Waals surface area contributed by atoms with Crippen molar-refractivity contribution in [1.29, 1.82) is 0 Å². The first-order chi connectivity index (χ1) is 11.0. The molecule has 1 unspecified atom stereocenters. The molecule has 6 heteroatoms. The SMILES string of the molecule is COc1ccccc1C(=O)NC(CCSC)C(=O)NCC(C)C. The van der Waals surface area contributed by atoms with Gasteiger partial charge in [0.05, 0.1) is 12.7 Å². The van der Waals surface area contributed by atoms with Gasteiger partial charge in [0.15, 0.2) is 0 Å². The summed E-state index contributed by atoms with van der Waals surface area (Å²) in [4.78, 5) is 24.8. The van der Waals surface area contributed by atoms with Crippen LogP contribution in [-0.4, -0.2) is 43.5 Å². The van der Waals surface area contributed by atoms with Gasteiger partial charge in [0.1, 0.15) is 11.8 Å². The highest BCUT2D eigenvalue weighted by molar-refractivity contribution is 7.98. The number of methoxy groups -OCH3 is 1. The van der Waals surface area contributed by atoms with Gasteiger partial charge in [-0.3, -0.25) is 9.59 Å². The standard InChI is InChI=1S/C17H26N2O3S/c1-12(2)11-18-17(21)14(9-10-23-4)19-16(20)13-7-5-6-8-15(13)22-3/h5-8,12,14H,9-11H2,1-4H3,(H,18,21)(H,19,20). The minimum atomic E-state index is -0.543. The molecule has 0 aliphatic heterocycles. The summed E-state index contributed by atoms with van der Waals surface area (Å²) >= 11 is 1.65. The maximum Gasteiger partial charge on any atom is 0.255 e. The van der Waals surface area contributed by atoms with Crippen molar-refractivity contribution >= 4 is 23.6 Å². The number of hydrogen-bond acceptors (Lipinski definition) is 4. The van der Waals surface area contributed by atoms with Gasteiger partial charge in [-0.2, -0.15) is 11.8 Å². The Hall–Kier alpha value is -1.69. The van der Waals surface area contributed by atoms with Gasteiger partial charge in [-0.25, -0.2) is 0 Å². The van der Waals surface area contributed by atoms with Crippen molar-refractivity contribution in [3.63, 3.8) is 0 Å². The average Bonchev–Trinajstić information content (AvgIpc) is 2.55. The summed E-state index contributed by atoms with van der Waals surface area (Å²) in [5.41, 5.74) is 0.431. The average molecular weight is 338 g/mol. The number of rotatable bonds is 9. The van der Waals surface area contributed by atoms with Crippen molar-refractivity contribution in [3.8, 4) is 5.75 Å². The molecule has 0 spiro atoms. The Morgan fingerprint density at radius 2 is 1.96 bits per heavy atom. The molecule has 0 radical (unpaired) electrons. The topological polar surface area (TPSA) is 67.4 Å². The van der Waals surface area contributed by atoms with E-state index in [1.54, 1.807) is 36.0 Å². The zero-order chi connectivity index (χ0) is 17.2. The number of amides is 2. The molecular weight excluding hydrogens is 312 g/mol. The molecule has 0 saturated carbocycles. The minimum Gasteiger partial charge on any atom is -0.496 e. The van der Waals surface area contributed by atoms with Gasteiger partial charge in [0, 0.05) is 6.54 Å². The van der Waals surface area contributed by atoms with Crippen LogP contribution in [0, 0.1) is 5.92 Å². The monoisotopic (exact) mass is 338 g/mol. The molecule has 1 aromatic rings. The first-order valence-corrected chi connectivity index (χ1v) is 9.09. The van der Waals surface area contributed by atoms with Crippen LogP contribution < -0.4 is 15.4 Å². The van der Waals surface area contributed by atoms with E-state index < -0.39 is 6.04 Å². The number of thioether (sulfide) groups is 1. The van der Waals surface area contributed by atoms with E-state index in [2.05, 4.69) is 10.6 Å². The number of hydrogen-bond donors (Lipinski definition) is 2. The van der Waals surface area contributed by atoms with Crippen LogP contribution in [-0.2, 0) is 4.79 Å². The molecule has 23 heavy (non-hydrogen) atoms. The highest BCUT2D eigenvalue weighted by atomic mass is 32.2. The van der Waals surface area contributed by atoms with Crippen molar-refractivity contribution in [3.05, 3.63) is 29.8 Å². The third-order valence-electron chi connectivity index (χ3n) is 3.27. The molecule has 2 N–H and O–H groups in total. The van der Waals surface area contributed by atoms with Gasteiger partial charge in [-0.15, -0.1) is 0 Å². The number of ether oxygens (including phenoxy) is 1. The van der Waals surface area contributed by atoms with Crippen molar-refractivity contribution in [1.82, 2.24) is 10.6 Å². The molecule has 0 aliphatic rings. The number of para-hydroxylation sites is 1. The molecular formula is C17H26N2O3S. The Labute approximate surface area is 142 Å². The molecule has 0 bridgehead atoms. The van der Waals surface area contributed by atoms with E-state index in [9.17, 15) is 9.59 Å².